The minimum atomic E-state index is 0.00237. The van der Waals surface area contributed by atoms with Crippen LogP contribution in [0.1, 0.15) is 77.6 Å². The van der Waals surface area contributed by atoms with E-state index in [9.17, 15) is 4.79 Å². The maximum atomic E-state index is 12.0. The largest absolute Gasteiger partial charge is 0.466 e. The van der Waals surface area contributed by atoms with Crippen LogP contribution in [0, 0.1) is 5.92 Å². The maximum absolute atomic E-state index is 12.0. The third kappa shape index (κ3) is 5.98. The first kappa shape index (κ1) is 16.8. The summed E-state index contributed by atoms with van der Waals surface area (Å²) in [6, 6.07) is 0.422. The lowest BCUT2D eigenvalue weighted by Gasteiger charge is -2.34. The molecule has 1 aliphatic heterocycles. The standard InChI is InChI=1S/C18H33NO2/c1-2-21-18(20)15-17(14-16-10-6-5-7-11-16)19-12-8-3-4-9-13-19/h16-17H,2-15H2,1H3. The molecule has 2 aliphatic rings. The first-order valence-electron chi connectivity index (χ1n) is 9.19. The first-order chi connectivity index (χ1) is 10.3. The molecule has 1 saturated heterocycles. The monoisotopic (exact) mass is 295 g/mol. The molecule has 0 amide bonds. The van der Waals surface area contributed by atoms with Gasteiger partial charge in [0.2, 0.25) is 0 Å². The number of esters is 1. The van der Waals surface area contributed by atoms with Gasteiger partial charge >= 0.3 is 5.97 Å². The first-order valence-corrected chi connectivity index (χ1v) is 9.19. The van der Waals surface area contributed by atoms with Crippen molar-refractivity contribution in [3.8, 4) is 0 Å². The zero-order chi connectivity index (χ0) is 14.9. The molecular formula is C18H33NO2. The van der Waals surface area contributed by atoms with Gasteiger partial charge in [0.15, 0.2) is 0 Å². The van der Waals surface area contributed by atoms with E-state index in [1.165, 1.54) is 77.3 Å². The normalized spacial score (nSPS) is 23.5. The van der Waals surface area contributed by atoms with Gasteiger partial charge in [-0.25, -0.2) is 0 Å². The summed E-state index contributed by atoms with van der Waals surface area (Å²) in [7, 11) is 0. The number of ether oxygens (including phenoxy) is 1. The van der Waals surface area contributed by atoms with E-state index < -0.39 is 0 Å². The summed E-state index contributed by atoms with van der Waals surface area (Å²) in [5.41, 5.74) is 0. The zero-order valence-electron chi connectivity index (χ0n) is 13.8. The maximum Gasteiger partial charge on any atom is 0.307 e. The molecule has 0 aromatic heterocycles. The predicted octanol–water partition coefficient (Wildman–Crippen LogP) is 4.15. The van der Waals surface area contributed by atoms with Crippen molar-refractivity contribution >= 4 is 5.97 Å². The highest BCUT2D eigenvalue weighted by molar-refractivity contribution is 5.70. The Morgan fingerprint density at radius 3 is 2.29 bits per heavy atom. The molecule has 0 aromatic carbocycles. The molecule has 1 heterocycles. The van der Waals surface area contributed by atoms with Gasteiger partial charge in [0.05, 0.1) is 13.0 Å². The van der Waals surface area contributed by atoms with Crippen LogP contribution in [0.25, 0.3) is 0 Å². The van der Waals surface area contributed by atoms with Gasteiger partial charge in [-0.05, 0) is 45.2 Å². The molecule has 0 radical (unpaired) electrons. The topological polar surface area (TPSA) is 29.5 Å². The van der Waals surface area contributed by atoms with Crippen molar-refractivity contribution in [2.45, 2.75) is 83.6 Å². The van der Waals surface area contributed by atoms with Crippen molar-refractivity contribution in [2.24, 2.45) is 5.92 Å². The third-order valence-corrected chi connectivity index (χ3v) is 5.19. The molecule has 21 heavy (non-hydrogen) atoms. The Balaban J connectivity index is 1.92. The van der Waals surface area contributed by atoms with E-state index in [0.29, 0.717) is 19.1 Å². The lowest BCUT2D eigenvalue weighted by atomic mass is 9.83. The smallest absolute Gasteiger partial charge is 0.307 e. The van der Waals surface area contributed by atoms with Crippen LogP contribution in [-0.2, 0) is 9.53 Å². The van der Waals surface area contributed by atoms with Crippen LogP contribution < -0.4 is 0 Å². The van der Waals surface area contributed by atoms with Crippen molar-refractivity contribution in [1.82, 2.24) is 4.90 Å². The summed E-state index contributed by atoms with van der Waals surface area (Å²) < 4.78 is 5.22. The highest BCUT2D eigenvalue weighted by Crippen LogP contribution is 2.30. The van der Waals surface area contributed by atoms with Crippen molar-refractivity contribution in [1.29, 1.82) is 0 Å². The molecule has 0 aromatic rings. The Labute approximate surface area is 130 Å². The Morgan fingerprint density at radius 1 is 1.05 bits per heavy atom. The molecular weight excluding hydrogens is 262 g/mol. The predicted molar refractivity (Wildman–Crippen MR) is 86.3 cm³/mol. The van der Waals surface area contributed by atoms with Gasteiger partial charge in [-0.2, -0.15) is 0 Å². The Hall–Kier alpha value is -0.570. The second-order valence-corrected chi connectivity index (χ2v) is 6.85. The molecule has 1 unspecified atom stereocenters. The number of nitrogens with zero attached hydrogens (tertiary/aromatic N) is 1. The van der Waals surface area contributed by atoms with Gasteiger partial charge in [-0.3, -0.25) is 9.69 Å². The van der Waals surface area contributed by atoms with E-state index in [-0.39, 0.29) is 5.97 Å². The Morgan fingerprint density at radius 2 is 1.67 bits per heavy atom. The molecule has 0 N–H and O–H groups in total. The molecule has 2 fully saturated rings. The Bertz CT molecular complexity index is 292. The van der Waals surface area contributed by atoms with Crippen molar-refractivity contribution in [2.75, 3.05) is 19.7 Å². The number of carbonyl (C=O) groups is 1. The molecule has 2 rings (SSSR count). The van der Waals surface area contributed by atoms with E-state index in [4.69, 9.17) is 4.74 Å². The molecule has 122 valence electrons. The fourth-order valence-electron chi connectivity index (χ4n) is 4.04. The average Bonchev–Trinajstić information content (AvgIpc) is 2.77. The fourth-order valence-corrected chi connectivity index (χ4v) is 4.04. The second kappa shape index (κ2) is 9.45. The summed E-state index contributed by atoms with van der Waals surface area (Å²) in [6.45, 7) is 4.77. The fraction of sp³-hybridized carbons (Fsp3) is 0.944. The van der Waals surface area contributed by atoms with E-state index in [1.54, 1.807) is 0 Å². The molecule has 1 aliphatic carbocycles. The quantitative estimate of drug-likeness (QED) is 0.689. The summed E-state index contributed by atoms with van der Waals surface area (Å²) in [4.78, 5) is 14.6. The van der Waals surface area contributed by atoms with E-state index >= 15 is 0 Å². The van der Waals surface area contributed by atoms with Crippen molar-refractivity contribution in [3.05, 3.63) is 0 Å². The van der Waals surface area contributed by atoms with E-state index in [1.807, 2.05) is 6.92 Å². The number of hydrogen-bond donors (Lipinski definition) is 0. The minimum Gasteiger partial charge on any atom is -0.466 e. The van der Waals surface area contributed by atoms with Crippen molar-refractivity contribution in [3.63, 3.8) is 0 Å². The van der Waals surface area contributed by atoms with Gasteiger partial charge in [0, 0.05) is 6.04 Å². The SMILES string of the molecule is CCOC(=O)CC(CC1CCCCC1)N1CCCCCC1. The zero-order valence-corrected chi connectivity index (χ0v) is 13.8. The van der Waals surface area contributed by atoms with Gasteiger partial charge < -0.3 is 4.74 Å². The van der Waals surface area contributed by atoms with Crippen molar-refractivity contribution < 1.29 is 9.53 Å². The molecule has 1 atom stereocenters. The second-order valence-electron chi connectivity index (χ2n) is 6.85. The van der Waals surface area contributed by atoms with Crippen LogP contribution >= 0.6 is 0 Å². The van der Waals surface area contributed by atoms with Gasteiger partial charge in [-0.1, -0.05) is 44.9 Å². The van der Waals surface area contributed by atoms with Crippen LogP contribution in [0.2, 0.25) is 0 Å². The van der Waals surface area contributed by atoms with Crippen LogP contribution in [0.15, 0.2) is 0 Å². The molecule has 0 bridgehead atoms. The third-order valence-electron chi connectivity index (χ3n) is 5.19. The molecule has 3 nitrogen and oxygen atoms in total. The number of hydrogen-bond acceptors (Lipinski definition) is 3. The highest BCUT2D eigenvalue weighted by Gasteiger charge is 2.26. The highest BCUT2D eigenvalue weighted by atomic mass is 16.5. The molecule has 0 spiro atoms. The molecule has 1 saturated carbocycles. The van der Waals surface area contributed by atoms with Crippen LogP contribution in [0.5, 0.6) is 0 Å². The summed E-state index contributed by atoms with van der Waals surface area (Å²) in [5.74, 6) is 0.837. The summed E-state index contributed by atoms with van der Waals surface area (Å²) in [6.07, 6.45) is 14.0. The van der Waals surface area contributed by atoms with Crippen LogP contribution in [0.4, 0.5) is 0 Å². The minimum absolute atomic E-state index is 0.00237. The van der Waals surface area contributed by atoms with Gasteiger partial charge in [0.25, 0.3) is 0 Å². The lowest BCUT2D eigenvalue weighted by molar-refractivity contribution is -0.144. The summed E-state index contributed by atoms with van der Waals surface area (Å²) >= 11 is 0. The average molecular weight is 295 g/mol. The van der Waals surface area contributed by atoms with Crippen LogP contribution in [-0.4, -0.2) is 36.6 Å². The summed E-state index contributed by atoms with van der Waals surface area (Å²) in [5, 5.41) is 0. The lowest BCUT2D eigenvalue weighted by Crippen LogP contribution is -2.39. The van der Waals surface area contributed by atoms with Gasteiger partial charge in [-0.15, -0.1) is 0 Å². The van der Waals surface area contributed by atoms with Gasteiger partial charge in [0.1, 0.15) is 0 Å². The van der Waals surface area contributed by atoms with Crippen LogP contribution in [0.3, 0.4) is 0 Å². The Kier molecular flexibility index (Phi) is 7.56. The molecule has 3 heteroatoms. The number of likely N-dealkylation sites (tertiary alicyclic amines) is 1. The van der Waals surface area contributed by atoms with E-state index in [0.717, 1.165) is 5.92 Å². The number of rotatable bonds is 6. The van der Waals surface area contributed by atoms with E-state index in [2.05, 4.69) is 4.90 Å². The number of carbonyl (C=O) groups excluding carboxylic acids is 1.